The minimum Gasteiger partial charge on any atom is -0.399 e. The second-order valence-electron chi connectivity index (χ2n) is 13.6. The van der Waals surface area contributed by atoms with E-state index in [4.69, 9.17) is 0 Å². The fourth-order valence-corrected chi connectivity index (χ4v) is 6.47. The zero-order chi connectivity index (χ0) is 43.1. The lowest BCUT2D eigenvalue weighted by Gasteiger charge is -2.13. The number of allylic oxidation sites excluding steroid dienone is 1. The second-order valence-corrected chi connectivity index (χ2v) is 13.6. The number of hydrogen-bond acceptors (Lipinski definition) is 2. The average Bonchev–Trinajstić information content (AvgIpc) is 3.16. The largest absolute Gasteiger partial charge is 0.573 e. The van der Waals surface area contributed by atoms with Crippen LogP contribution in [-0.2, 0) is 12.8 Å². The number of rotatable bonds is 13. The van der Waals surface area contributed by atoms with Crippen LogP contribution in [0.4, 0.5) is 52.7 Å². The summed E-state index contributed by atoms with van der Waals surface area (Å²) >= 11 is 0. The van der Waals surface area contributed by atoms with Gasteiger partial charge in [0.2, 0.25) is 11.5 Å². The number of ether oxygens (including phenoxy) is 2. The van der Waals surface area contributed by atoms with Crippen molar-refractivity contribution in [3.05, 3.63) is 144 Å². The Labute approximate surface area is 331 Å². The molecule has 0 radical (unpaired) electrons. The van der Waals surface area contributed by atoms with Gasteiger partial charge in [-0.3, -0.25) is 0 Å². The topological polar surface area (TPSA) is 18.5 Å². The van der Waals surface area contributed by atoms with Crippen molar-refractivity contribution in [2.24, 2.45) is 0 Å². The van der Waals surface area contributed by atoms with Gasteiger partial charge < -0.3 is 9.47 Å². The number of benzene rings is 6. The fraction of sp³-hybridized carbons (Fsp3) is 0.244. The lowest BCUT2D eigenvalue weighted by Crippen LogP contribution is -2.19. The predicted octanol–water partition coefficient (Wildman–Crippen LogP) is 15.3. The van der Waals surface area contributed by atoms with E-state index in [1.165, 1.54) is 31.4 Å². The molecule has 0 heterocycles. The summed E-state index contributed by atoms with van der Waals surface area (Å²) in [5, 5.41) is -1.94. The number of aryl methyl sites for hydroxylation is 2. The van der Waals surface area contributed by atoms with Crippen LogP contribution >= 0.6 is 0 Å². The summed E-state index contributed by atoms with van der Waals surface area (Å²) in [7, 11) is 0. The third-order valence-electron chi connectivity index (χ3n) is 9.29. The van der Waals surface area contributed by atoms with Gasteiger partial charge in [-0.15, -0.1) is 32.9 Å². The molecule has 0 amide bonds. The van der Waals surface area contributed by atoms with Crippen molar-refractivity contribution in [1.29, 1.82) is 0 Å². The number of fused-ring (bicyclic) bond motifs is 2. The maximum Gasteiger partial charge on any atom is 0.573 e. The number of halogens is 12. The Morgan fingerprint density at radius 3 is 1.29 bits per heavy atom. The third kappa shape index (κ3) is 11.5. The van der Waals surface area contributed by atoms with Gasteiger partial charge in [0.05, 0.1) is 10.8 Å². The van der Waals surface area contributed by atoms with Crippen LogP contribution in [0.2, 0.25) is 0 Å². The molecule has 0 bridgehead atoms. The van der Waals surface area contributed by atoms with Gasteiger partial charge >= 0.3 is 12.7 Å². The van der Waals surface area contributed by atoms with Gasteiger partial charge in [0.15, 0.2) is 23.3 Å². The van der Waals surface area contributed by atoms with E-state index < -0.39 is 69.9 Å². The van der Waals surface area contributed by atoms with Crippen LogP contribution in [0.15, 0.2) is 97.6 Å². The van der Waals surface area contributed by atoms with Gasteiger partial charge in [-0.2, -0.15) is 0 Å². The zero-order valence-corrected chi connectivity index (χ0v) is 31.4. The van der Waals surface area contributed by atoms with Gasteiger partial charge in [0.1, 0.15) is 11.6 Å². The molecule has 0 fully saturated rings. The fourth-order valence-electron chi connectivity index (χ4n) is 6.47. The molecule has 6 aromatic carbocycles. The van der Waals surface area contributed by atoms with E-state index in [0.29, 0.717) is 34.4 Å². The normalized spacial score (nSPS) is 11.7. The van der Waals surface area contributed by atoms with E-state index >= 15 is 0 Å². The molecule has 0 unspecified atom stereocenters. The van der Waals surface area contributed by atoms with E-state index in [1.807, 2.05) is 24.3 Å². The van der Waals surface area contributed by atoms with Gasteiger partial charge in [0.25, 0.3) is 0 Å². The van der Waals surface area contributed by atoms with Gasteiger partial charge in [-0.05, 0) is 106 Å². The highest BCUT2D eigenvalue weighted by molar-refractivity contribution is 5.91. The van der Waals surface area contributed by atoms with Crippen molar-refractivity contribution in [2.45, 2.75) is 71.0 Å². The molecule has 312 valence electrons. The molecule has 59 heavy (non-hydrogen) atoms. The second kappa shape index (κ2) is 18.9. The van der Waals surface area contributed by atoms with E-state index in [2.05, 4.69) is 23.0 Å². The lowest BCUT2D eigenvalue weighted by molar-refractivity contribution is -0.277. The molecule has 0 spiro atoms. The van der Waals surface area contributed by atoms with Gasteiger partial charge in [0, 0.05) is 0 Å². The standard InChI is InChI=1S/C24H22F6O.C21H14F6O/c1-2-3-4-5-6-7-15-8-10-16(11-9-15)17-12-18-14-20(26)23(31-24(28,29)30)22(27)21(18)19(25)13-17;1-2-3-4-12-5-7-13(8-6-12)14-9-15-11-17(23)20(28-21(25,26)27)19(24)18(15)16(22)10-14/h8-14H,2-7H2,1H3;2,5-11H,1,3-4H2. The zero-order valence-electron chi connectivity index (χ0n) is 31.4. The summed E-state index contributed by atoms with van der Waals surface area (Å²) in [6.45, 7) is 5.80. The highest BCUT2D eigenvalue weighted by Gasteiger charge is 2.36. The van der Waals surface area contributed by atoms with E-state index in [1.54, 1.807) is 30.3 Å². The summed E-state index contributed by atoms with van der Waals surface area (Å²) in [4.78, 5) is 0. The Bertz CT molecular complexity index is 2400. The van der Waals surface area contributed by atoms with E-state index in [-0.39, 0.29) is 10.8 Å². The number of alkyl halides is 6. The molecule has 0 aromatic heterocycles. The molecule has 0 aliphatic carbocycles. The quantitative estimate of drug-likeness (QED) is 0.0655. The summed E-state index contributed by atoms with van der Waals surface area (Å²) in [6, 6.07) is 20.4. The summed E-state index contributed by atoms with van der Waals surface area (Å²) < 4.78 is 167. The van der Waals surface area contributed by atoms with Crippen molar-refractivity contribution < 1.29 is 62.2 Å². The third-order valence-corrected chi connectivity index (χ3v) is 9.29. The van der Waals surface area contributed by atoms with Crippen LogP contribution in [0.3, 0.4) is 0 Å². The first-order valence-electron chi connectivity index (χ1n) is 18.4. The van der Waals surface area contributed by atoms with Crippen LogP contribution < -0.4 is 9.47 Å². The maximum absolute atomic E-state index is 14.6. The molecular formula is C45H36F12O2. The Morgan fingerprint density at radius 1 is 0.492 bits per heavy atom. The van der Waals surface area contributed by atoms with E-state index in [0.717, 1.165) is 55.4 Å². The first-order valence-corrected chi connectivity index (χ1v) is 18.4. The van der Waals surface area contributed by atoms with Gasteiger partial charge in [-0.1, -0.05) is 87.2 Å². The number of unbranched alkanes of at least 4 members (excludes halogenated alkanes) is 4. The van der Waals surface area contributed by atoms with Crippen LogP contribution in [0.5, 0.6) is 11.5 Å². The summed E-state index contributed by atoms with van der Waals surface area (Å²) in [5.74, 6) is -12.2. The predicted molar refractivity (Wildman–Crippen MR) is 203 cm³/mol. The van der Waals surface area contributed by atoms with Crippen molar-refractivity contribution in [3.8, 4) is 33.8 Å². The van der Waals surface area contributed by atoms with Crippen molar-refractivity contribution in [1.82, 2.24) is 0 Å². The van der Waals surface area contributed by atoms with Crippen molar-refractivity contribution in [3.63, 3.8) is 0 Å². The molecule has 0 aliphatic rings. The molecule has 14 heteroatoms. The molecular weight excluding hydrogens is 800 g/mol. The van der Waals surface area contributed by atoms with Crippen molar-refractivity contribution >= 4 is 21.5 Å². The van der Waals surface area contributed by atoms with Crippen molar-refractivity contribution in [2.75, 3.05) is 0 Å². The Hall–Kier alpha value is -5.66. The Kier molecular flexibility index (Phi) is 14.3. The first kappa shape index (κ1) is 44.4. The smallest absolute Gasteiger partial charge is 0.399 e. The number of hydrogen-bond donors (Lipinski definition) is 0. The molecule has 6 rings (SSSR count). The first-order chi connectivity index (χ1) is 27.9. The molecule has 0 aliphatic heterocycles. The van der Waals surface area contributed by atoms with Gasteiger partial charge in [-0.25, -0.2) is 26.3 Å². The van der Waals surface area contributed by atoms with Crippen LogP contribution in [0.1, 0.15) is 56.6 Å². The van der Waals surface area contributed by atoms with Crippen LogP contribution in [0, 0.1) is 34.9 Å². The monoisotopic (exact) mass is 836 g/mol. The molecule has 0 atom stereocenters. The molecule has 0 saturated carbocycles. The SMILES string of the molecule is C=CCCc1ccc(-c2cc(F)c3c(F)c(OC(F)(F)F)c(F)cc3c2)cc1.CCCCCCCc1ccc(-c2cc(F)c3c(F)c(OC(F)(F)F)c(F)cc3c2)cc1. The molecule has 0 saturated heterocycles. The Balaban J connectivity index is 0.000000225. The van der Waals surface area contributed by atoms with Crippen LogP contribution in [-0.4, -0.2) is 12.7 Å². The highest BCUT2D eigenvalue weighted by atomic mass is 19.4. The highest BCUT2D eigenvalue weighted by Crippen LogP contribution is 2.39. The molecule has 2 nitrogen and oxygen atoms in total. The van der Waals surface area contributed by atoms with Crippen LogP contribution in [0.25, 0.3) is 43.8 Å². The average molecular weight is 837 g/mol. The van der Waals surface area contributed by atoms with E-state index in [9.17, 15) is 52.7 Å². The molecule has 6 aromatic rings. The minimum atomic E-state index is -5.31. The molecule has 0 N–H and O–H groups in total. The Morgan fingerprint density at radius 2 is 0.898 bits per heavy atom. The lowest BCUT2D eigenvalue weighted by atomic mass is 9.98. The minimum absolute atomic E-state index is 0.195. The summed E-state index contributed by atoms with van der Waals surface area (Å²) in [5.41, 5.74) is 4.10. The summed E-state index contributed by atoms with van der Waals surface area (Å²) in [6.07, 6.45) is -0.483. The maximum atomic E-state index is 14.6.